The van der Waals surface area contributed by atoms with Crippen molar-refractivity contribution in [2.75, 3.05) is 26.8 Å². The molecule has 2 rings (SSSR count). The molecule has 0 unspecified atom stereocenters. The Morgan fingerprint density at radius 1 is 1.29 bits per heavy atom. The maximum atomic E-state index is 12.0. The SMILES string of the molecule is COc1ccc([N+](=O)[O-])cc1OCC(=O)N1CCCCC1. The van der Waals surface area contributed by atoms with Crippen LogP contribution in [0, 0.1) is 10.1 Å². The monoisotopic (exact) mass is 294 g/mol. The van der Waals surface area contributed by atoms with Crippen LogP contribution in [-0.4, -0.2) is 42.5 Å². The lowest BCUT2D eigenvalue weighted by Crippen LogP contribution is -2.38. The van der Waals surface area contributed by atoms with E-state index in [1.807, 2.05) is 0 Å². The molecule has 1 aromatic rings. The van der Waals surface area contributed by atoms with Gasteiger partial charge in [-0.3, -0.25) is 14.9 Å². The standard InChI is InChI=1S/C14H18N2O5/c1-20-12-6-5-11(16(18)19)9-13(12)21-10-14(17)15-7-3-2-4-8-15/h5-6,9H,2-4,7-8,10H2,1H3. The molecular weight excluding hydrogens is 276 g/mol. The maximum absolute atomic E-state index is 12.0. The molecule has 1 heterocycles. The summed E-state index contributed by atoms with van der Waals surface area (Å²) < 4.78 is 10.5. The fraction of sp³-hybridized carbons (Fsp3) is 0.500. The van der Waals surface area contributed by atoms with Gasteiger partial charge >= 0.3 is 0 Å². The van der Waals surface area contributed by atoms with Crippen LogP contribution < -0.4 is 9.47 Å². The van der Waals surface area contributed by atoms with Crippen molar-refractivity contribution in [1.29, 1.82) is 0 Å². The number of amides is 1. The summed E-state index contributed by atoms with van der Waals surface area (Å²) in [6, 6.07) is 4.05. The number of carbonyl (C=O) groups is 1. The first-order valence-corrected chi connectivity index (χ1v) is 6.85. The van der Waals surface area contributed by atoms with Gasteiger partial charge in [-0.1, -0.05) is 0 Å². The average Bonchev–Trinajstić information content (AvgIpc) is 2.53. The van der Waals surface area contributed by atoms with Crippen molar-refractivity contribution in [3.8, 4) is 11.5 Å². The van der Waals surface area contributed by atoms with E-state index >= 15 is 0 Å². The summed E-state index contributed by atoms with van der Waals surface area (Å²) in [4.78, 5) is 24.0. The van der Waals surface area contributed by atoms with Gasteiger partial charge in [-0.15, -0.1) is 0 Å². The maximum Gasteiger partial charge on any atom is 0.273 e. The zero-order chi connectivity index (χ0) is 15.2. The Morgan fingerprint density at radius 3 is 2.62 bits per heavy atom. The summed E-state index contributed by atoms with van der Waals surface area (Å²) >= 11 is 0. The molecule has 1 saturated heterocycles. The fourth-order valence-corrected chi connectivity index (χ4v) is 2.27. The highest BCUT2D eigenvalue weighted by Gasteiger charge is 2.18. The first-order chi connectivity index (χ1) is 10.1. The van der Waals surface area contributed by atoms with Gasteiger partial charge in [-0.2, -0.15) is 0 Å². The van der Waals surface area contributed by atoms with Crippen molar-refractivity contribution in [2.24, 2.45) is 0 Å². The summed E-state index contributed by atoms with van der Waals surface area (Å²) in [5.41, 5.74) is -0.101. The molecule has 1 amide bonds. The van der Waals surface area contributed by atoms with Crippen molar-refractivity contribution in [2.45, 2.75) is 19.3 Å². The predicted octanol–water partition coefficient (Wildman–Crippen LogP) is 1.99. The van der Waals surface area contributed by atoms with Crippen LogP contribution in [0.1, 0.15) is 19.3 Å². The third-order valence-corrected chi connectivity index (χ3v) is 3.42. The molecule has 0 aliphatic carbocycles. The molecule has 1 fully saturated rings. The lowest BCUT2D eigenvalue weighted by Gasteiger charge is -2.26. The minimum absolute atomic E-state index is 0.101. The first-order valence-electron chi connectivity index (χ1n) is 6.85. The second-order valence-corrected chi connectivity index (χ2v) is 4.82. The Hall–Kier alpha value is -2.31. The lowest BCUT2D eigenvalue weighted by atomic mass is 10.1. The van der Waals surface area contributed by atoms with Crippen molar-refractivity contribution >= 4 is 11.6 Å². The van der Waals surface area contributed by atoms with Crippen molar-refractivity contribution < 1.29 is 19.2 Å². The number of rotatable bonds is 5. The molecule has 0 radical (unpaired) electrons. The molecule has 1 aliphatic rings. The molecule has 7 nitrogen and oxygen atoms in total. The molecule has 0 spiro atoms. The molecule has 0 atom stereocenters. The summed E-state index contributed by atoms with van der Waals surface area (Å²) in [7, 11) is 1.44. The van der Waals surface area contributed by atoms with Crippen LogP contribution in [0.25, 0.3) is 0 Å². The molecular formula is C14H18N2O5. The molecule has 114 valence electrons. The minimum atomic E-state index is -0.515. The van der Waals surface area contributed by atoms with E-state index in [2.05, 4.69) is 0 Å². The number of nitrogens with zero attached hydrogens (tertiary/aromatic N) is 2. The van der Waals surface area contributed by atoms with Crippen molar-refractivity contribution in [3.05, 3.63) is 28.3 Å². The van der Waals surface area contributed by atoms with Crippen LogP contribution in [0.2, 0.25) is 0 Å². The number of non-ortho nitro benzene ring substituents is 1. The third kappa shape index (κ3) is 3.84. The fourth-order valence-electron chi connectivity index (χ4n) is 2.27. The van der Waals surface area contributed by atoms with Crippen LogP contribution in [0.15, 0.2) is 18.2 Å². The van der Waals surface area contributed by atoms with E-state index in [9.17, 15) is 14.9 Å². The van der Waals surface area contributed by atoms with Gasteiger partial charge in [0, 0.05) is 19.2 Å². The molecule has 7 heteroatoms. The van der Waals surface area contributed by atoms with E-state index in [0.29, 0.717) is 5.75 Å². The first kappa shape index (κ1) is 15.1. The topological polar surface area (TPSA) is 81.9 Å². The van der Waals surface area contributed by atoms with E-state index in [-0.39, 0.29) is 24.0 Å². The van der Waals surface area contributed by atoms with Gasteiger partial charge < -0.3 is 14.4 Å². The van der Waals surface area contributed by atoms with Crippen LogP contribution in [-0.2, 0) is 4.79 Å². The van der Waals surface area contributed by atoms with Gasteiger partial charge in [-0.05, 0) is 25.3 Å². The highest BCUT2D eigenvalue weighted by molar-refractivity contribution is 5.78. The summed E-state index contributed by atoms with van der Waals surface area (Å²) in [6.45, 7) is 1.35. The van der Waals surface area contributed by atoms with Gasteiger partial charge in [-0.25, -0.2) is 0 Å². The molecule has 0 saturated carbocycles. The highest BCUT2D eigenvalue weighted by Crippen LogP contribution is 2.31. The van der Waals surface area contributed by atoms with Crippen molar-refractivity contribution in [1.82, 2.24) is 4.90 Å². The zero-order valence-corrected chi connectivity index (χ0v) is 11.9. The van der Waals surface area contributed by atoms with Crippen molar-refractivity contribution in [3.63, 3.8) is 0 Å². The van der Waals surface area contributed by atoms with Gasteiger partial charge in [0.2, 0.25) is 0 Å². The Kier molecular flexibility index (Phi) is 4.97. The van der Waals surface area contributed by atoms with E-state index in [1.165, 1.54) is 25.3 Å². The second-order valence-electron chi connectivity index (χ2n) is 4.82. The normalized spacial score (nSPS) is 14.6. The second kappa shape index (κ2) is 6.92. The highest BCUT2D eigenvalue weighted by atomic mass is 16.6. The summed E-state index contributed by atoms with van der Waals surface area (Å²) in [5.74, 6) is 0.465. The largest absolute Gasteiger partial charge is 0.493 e. The van der Waals surface area contributed by atoms with Crippen LogP contribution in [0.5, 0.6) is 11.5 Å². The molecule has 21 heavy (non-hydrogen) atoms. The summed E-state index contributed by atoms with van der Waals surface area (Å²) in [5, 5.41) is 10.8. The van der Waals surface area contributed by atoms with Gasteiger partial charge in [0.15, 0.2) is 18.1 Å². The number of piperidine rings is 1. The number of nitro benzene ring substituents is 1. The predicted molar refractivity (Wildman–Crippen MR) is 75.6 cm³/mol. The smallest absolute Gasteiger partial charge is 0.273 e. The number of methoxy groups -OCH3 is 1. The Bertz CT molecular complexity index is 526. The van der Waals surface area contributed by atoms with Gasteiger partial charge in [0.25, 0.3) is 11.6 Å². The Balaban J connectivity index is 2.02. The number of benzene rings is 1. The van der Waals surface area contributed by atoms with Crippen LogP contribution >= 0.6 is 0 Å². The van der Waals surface area contributed by atoms with Gasteiger partial charge in [0.05, 0.1) is 18.1 Å². The molecule has 0 bridgehead atoms. The van der Waals surface area contributed by atoms with Gasteiger partial charge in [0.1, 0.15) is 0 Å². The molecule has 1 aromatic carbocycles. The quantitative estimate of drug-likeness (QED) is 0.612. The van der Waals surface area contributed by atoms with Crippen LogP contribution in [0.4, 0.5) is 5.69 Å². The third-order valence-electron chi connectivity index (χ3n) is 3.42. The molecule has 0 aromatic heterocycles. The molecule has 1 aliphatic heterocycles. The van der Waals surface area contributed by atoms with Crippen LogP contribution in [0.3, 0.4) is 0 Å². The van der Waals surface area contributed by atoms with E-state index in [4.69, 9.17) is 9.47 Å². The lowest BCUT2D eigenvalue weighted by molar-refractivity contribution is -0.385. The number of hydrogen-bond donors (Lipinski definition) is 0. The number of carbonyl (C=O) groups excluding carboxylic acids is 1. The number of likely N-dealkylation sites (tertiary alicyclic amines) is 1. The average molecular weight is 294 g/mol. The number of hydrogen-bond acceptors (Lipinski definition) is 5. The zero-order valence-electron chi connectivity index (χ0n) is 11.9. The van der Waals surface area contributed by atoms with E-state index < -0.39 is 4.92 Å². The minimum Gasteiger partial charge on any atom is -0.493 e. The Morgan fingerprint density at radius 2 is 2.00 bits per heavy atom. The summed E-state index contributed by atoms with van der Waals surface area (Å²) in [6.07, 6.45) is 3.15. The Labute approximate surface area is 122 Å². The number of ether oxygens (including phenoxy) is 2. The molecule has 0 N–H and O–H groups in total. The number of nitro groups is 1. The van der Waals surface area contributed by atoms with E-state index in [0.717, 1.165) is 32.4 Å². The van der Waals surface area contributed by atoms with E-state index in [1.54, 1.807) is 4.90 Å².